The molecule has 0 spiro atoms. The van der Waals surface area contributed by atoms with Crippen molar-refractivity contribution in [2.45, 2.75) is 16.6 Å². The molecular weight excluding hydrogens is 466 g/mol. The summed E-state index contributed by atoms with van der Waals surface area (Å²) in [7, 11) is 0. The van der Waals surface area contributed by atoms with Crippen LogP contribution in [0.2, 0.25) is 5.02 Å². The highest BCUT2D eigenvalue weighted by molar-refractivity contribution is 7.99. The molecule has 1 saturated heterocycles. The third kappa shape index (κ3) is 6.05. The maximum Gasteiger partial charge on any atom is 0.234 e. The van der Waals surface area contributed by atoms with Crippen molar-refractivity contribution in [1.82, 2.24) is 19.7 Å². The summed E-state index contributed by atoms with van der Waals surface area (Å²) in [5.74, 6) is 0.964. The molecule has 0 bridgehead atoms. The van der Waals surface area contributed by atoms with Gasteiger partial charge in [-0.05, 0) is 48.7 Å². The Morgan fingerprint density at radius 2 is 1.94 bits per heavy atom. The van der Waals surface area contributed by atoms with Crippen molar-refractivity contribution in [3.8, 4) is 5.69 Å². The van der Waals surface area contributed by atoms with E-state index < -0.39 is 0 Å². The van der Waals surface area contributed by atoms with Gasteiger partial charge >= 0.3 is 0 Å². The lowest BCUT2D eigenvalue weighted by molar-refractivity contribution is -0.113. The van der Waals surface area contributed by atoms with Crippen LogP contribution in [0.25, 0.3) is 5.69 Å². The lowest BCUT2D eigenvalue weighted by Gasteiger charge is -2.26. The van der Waals surface area contributed by atoms with Crippen molar-refractivity contribution >= 4 is 46.7 Å². The summed E-state index contributed by atoms with van der Waals surface area (Å²) in [5.41, 5.74) is 1.70. The summed E-state index contributed by atoms with van der Waals surface area (Å²) >= 11 is 9.09. The van der Waals surface area contributed by atoms with Gasteiger partial charge in [0.05, 0.1) is 25.5 Å². The van der Waals surface area contributed by atoms with Crippen LogP contribution in [0.15, 0.2) is 58.6 Å². The number of ether oxygens (including phenoxy) is 1. The van der Waals surface area contributed by atoms with Crippen LogP contribution in [-0.2, 0) is 16.1 Å². The quantitative estimate of drug-likeness (QED) is 0.475. The molecule has 0 unspecified atom stereocenters. The summed E-state index contributed by atoms with van der Waals surface area (Å²) in [5, 5.41) is 13.1. The molecule has 0 aliphatic carbocycles. The molecule has 1 N–H and O–H groups in total. The molecule has 2 heterocycles. The van der Waals surface area contributed by atoms with Crippen LogP contribution in [0.3, 0.4) is 0 Å². The van der Waals surface area contributed by atoms with Crippen molar-refractivity contribution in [3.63, 3.8) is 0 Å². The molecule has 3 aromatic rings. The van der Waals surface area contributed by atoms with Gasteiger partial charge in [-0.1, -0.05) is 29.4 Å². The highest BCUT2D eigenvalue weighted by Crippen LogP contribution is 2.25. The van der Waals surface area contributed by atoms with E-state index in [0.717, 1.165) is 35.2 Å². The molecule has 1 fully saturated rings. The van der Waals surface area contributed by atoms with Gasteiger partial charge in [-0.25, -0.2) is 0 Å². The third-order valence-corrected chi connectivity index (χ3v) is 6.85. The SMILES string of the molecule is CSc1cccc(NC(=O)CSc2nnc(CN3CCOCC3)n2-c2ccc(Cl)cc2)c1. The van der Waals surface area contributed by atoms with Gasteiger partial charge in [0.25, 0.3) is 0 Å². The molecule has 1 aliphatic heterocycles. The molecule has 1 aromatic heterocycles. The van der Waals surface area contributed by atoms with Crippen molar-refractivity contribution < 1.29 is 9.53 Å². The van der Waals surface area contributed by atoms with Gasteiger partial charge in [0.1, 0.15) is 0 Å². The lowest BCUT2D eigenvalue weighted by atomic mass is 10.3. The summed E-state index contributed by atoms with van der Waals surface area (Å²) in [6.07, 6.45) is 2.01. The second kappa shape index (κ2) is 11.2. The van der Waals surface area contributed by atoms with Crippen molar-refractivity contribution in [2.75, 3.05) is 43.6 Å². The number of thioether (sulfide) groups is 2. The number of aromatic nitrogens is 3. The Bertz CT molecular complexity index is 1050. The average molecular weight is 490 g/mol. The number of morpholine rings is 1. The molecule has 7 nitrogen and oxygen atoms in total. The first-order valence-corrected chi connectivity index (χ1v) is 12.8. The number of anilines is 1. The molecule has 0 atom stereocenters. The second-order valence-corrected chi connectivity index (χ2v) is 9.43. The minimum Gasteiger partial charge on any atom is -0.379 e. The van der Waals surface area contributed by atoms with Gasteiger partial charge in [0, 0.05) is 34.4 Å². The van der Waals surface area contributed by atoms with E-state index in [1.165, 1.54) is 11.8 Å². The maximum absolute atomic E-state index is 12.6. The first-order chi connectivity index (χ1) is 15.6. The van der Waals surface area contributed by atoms with Gasteiger partial charge in [-0.3, -0.25) is 14.3 Å². The minimum atomic E-state index is -0.0892. The molecule has 168 valence electrons. The van der Waals surface area contributed by atoms with Crippen LogP contribution >= 0.6 is 35.1 Å². The van der Waals surface area contributed by atoms with Gasteiger partial charge < -0.3 is 10.1 Å². The predicted octanol–water partition coefficient (Wildman–Crippen LogP) is 4.21. The number of halogens is 1. The number of hydrogen-bond acceptors (Lipinski definition) is 7. The van der Waals surface area contributed by atoms with E-state index in [1.807, 2.05) is 59.4 Å². The third-order valence-electron chi connectivity index (χ3n) is 4.94. The first-order valence-electron chi connectivity index (χ1n) is 10.2. The van der Waals surface area contributed by atoms with Crippen LogP contribution in [0, 0.1) is 0 Å². The highest BCUT2D eigenvalue weighted by Gasteiger charge is 2.19. The highest BCUT2D eigenvalue weighted by atomic mass is 35.5. The summed E-state index contributed by atoms with van der Waals surface area (Å²) in [4.78, 5) is 16.0. The smallest absolute Gasteiger partial charge is 0.234 e. The fourth-order valence-electron chi connectivity index (χ4n) is 3.33. The van der Waals surface area contributed by atoms with Crippen molar-refractivity contribution in [1.29, 1.82) is 0 Å². The minimum absolute atomic E-state index is 0.0892. The van der Waals surface area contributed by atoms with E-state index in [2.05, 4.69) is 20.4 Å². The Kier molecular flexibility index (Phi) is 8.10. The van der Waals surface area contributed by atoms with Gasteiger partial charge in [0.15, 0.2) is 11.0 Å². The zero-order chi connectivity index (χ0) is 22.3. The average Bonchev–Trinajstić information content (AvgIpc) is 3.21. The number of nitrogens with one attached hydrogen (secondary N) is 1. The molecule has 2 aromatic carbocycles. The number of carbonyl (C=O) groups excluding carboxylic acids is 1. The second-order valence-electron chi connectivity index (χ2n) is 7.17. The van der Waals surface area contributed by atoms with E-state index in [1.54, 1.807) is 11.8 Å². The normalized spacial score (nSPS) is 14.4. The lowest BCUT2D eigenvalue weighted by Crippen LogP contribution is -2.36. The Hall–Kier alpha value is -2.04. The molecular formula is C22H24ClN5O2S2. The maximum atomic E-state index is 12.6. The zero-order valence-corrected chi connectivity index (χ0v) is 20.1. The molecule has 0 radical (unpaired) electrons. The zero-order valence-electron chi connectivity index (χ0n) is 17.7. The van der Waals surface area contributed by atoms with E-state index in [0.29, 0.717) is 29.9 Å². The topological polar surface area (TPSA) is 72.3 Å². The van der Waals surface area contributed by atoms with Crippen molar-refractivity contribution in [2.24, 2.45) is 0 Å². The van der Waals surface area contributed by atoms with Crippen LogP contribution in [0.5, 0.6) is 0 Å². The first kappa shape index (κ1) is 23.1. The number of amides is 1. The largest absolute Gasteiger partial charge is 0.379 e. The van der Waals surface area contributed by atoms with Gasteiger partial charge in [0.2, 0.25) is 5.91 Å². The number of benzene rings is 2. The van der Waals surface area contributed by atoms with Crippen LogP contribution in [0.1, 0.15) is 5.82 Å². The van der Waals surface area contributed by atoms with E-state index in [9.17, 15) is 4.79 Å². The Morgan fingerprint density at radius 1 is 1.16 bits per heavy atom. The van der Waals surface area contributed by atoms with Gasteiger partial charge in [-0.2, -0.15) is 0 Å². The molecule has 1 aliphatic rings. The van der Waals surface area contributed by atoms with Crippen LogP contribution < -0.4 is 5.32 Å². The number of nitrogens with zero attached hydrogens (tertiary/aromatic N) is 4. The molecule has 1 amide bonds. The fourth-order valence-corrected chi connectivity index (χ4v) is 4.69. The Morgan fingerprint density at radius 3 is 2.69 bits per heavy atom. The number of carbonyl (C=O) groups is 1. The number of rotatable bonds is 8. The van der Waals surface area contributed by atoms with Gasteiger partial charge in [-0.15, -0.1) is 22.0 Å². The number of hydrogen-bond donors (Lipinski definition) is 1. The van der Waals surface area contributed by atoms with E-state index >= 15 is 0 Å². The fraction of sp³-hybridized carbons (Fsp3) is 0.318. The predicted molar refractivity (Wildman–Crippen MR) is 130 cm³/mol. The Labute approximate surface area is 200 Å². The summed E-state index contributed by atoms with van der Waals surface area (Å²) in [6, 6.07) is 15.4. The summed E-state index contributed by atoms with van der Waals surface area (Å²) < 4.78 is 7.45. The van der Waals surface area contributed by atoms with Crippen LogP contribution in [-0.4, -0.2) is 63.9 Å². The molecule has 0 saturated carbocycles. The molecule has 4 rings (SSSR count). The summed E-state index contributed by atoms with van der Waals surface area (Å²) in [6.45, 7) is 3.80. The van der Waals surface area contributed by atoms with E-state index in [-0.39, 0.29) is 11.7 Å². The molecule has 32 heavy (non-hydrogen) atoms. The monoisotopic (exact) mass is 489 g/mol. The standard InChI is InChI=1S/C22H24ClN5O2S2/c1-31-19-4-2-3-17(13-19)24-21(29)15-32-22-26-25-20(14-27-9-11-30-12-10-27)28(22)18-7-5-16(23)6-8-18/h2-8,13H,9-12,14-15H2,1H3,(H,24,29). The van der Waals surface area contributed by atoms with E-state index in [4.69, 9.17) is 16.3 Å². The molecule has 10 heteroatoms. The Balaban J connectivity index is 1.49. The van der Waals surface area contributed by atoms with Crippen LogP contribution in [0.4, 0.5) is 5.69 Å². The van der Waals surface area contributed by atoms with Crippen molar-refractivity contribution in [3.05, 3.63) is 59.4 Å².